The van der Waals surface area contributed by atoms with Crippen molar-refractivity contribution in [2.45, 2.75) is 32.4 Å². The summed E-state index contributed by atoms with van der Waals surface area (Å²) in [5.41, 5.74) is 4.30. The number of benzene rings is 2. The second kappa shape index (κ2) is 10.1. The molecule has 3 aromatic rings. The van der Waals surface area contributed by atoms with Crippen molar-refractivity contribution in [1.82, 2.24) is 14.7 Å². The average molecular weight is 508 g/mol. The van der Waals surface area contributed by atoms with Gasteiger partial charge in [0.2, 0.25) is 5.91 Å². The Morgan fingerprint density at radius 3 is 2.54 bits per heavy atom. The van der Waals surface area contributed by atoms with Crippen molar-refractivity contribution in [2.75, 3.05) is 32.7 Å². The first-order valence-electron chi connectivity index (χ1n) is 12.1. The molecule has 0 unspecified atom stereocenters. The summed E-state index contributed by atoms with van der Waals surface area (Å²) in [5.74, 6) is 0.0492. The minimum atomic E-state index is -0.0748. The lowest BCUT2D eigenvalue weighted by Crippen LogP contribution is -2.57. The molecular weight excluding hydrogens is 478 g/mol. The number of hydrogen-bond donors (Lipinski definition) is 0. The number of carbonyl (C=O) groups is 2. The van der Waals surface area contributed by atoms with Crippen molar-refractivity contribution in [3.8, 4) is 0 Å². The number of carbonyl (C=O) groups excluding carboxylic acids is 2. The number of rotatable bonds is 4. The van der Waals surface area contributed by atoms with Gasteiger partial charge in [0.1, 0.15) is 0 Å². The second-order valence-corrected chi connectivity index (χ2v) is 10.9. The number of halogens is 1. The van der Waals surface area contributed by atoms with Gasteiger partial charge in [-0.1, -0.05) is 53.6 Å². The molecule has 0 spiro atoms. The molecule has 2 aliphatic heterocycles. The summed E-state index contributed by atoms with van der Waals surface area (Å²) in [4.78, 5) is 34.0. The lowest BCUT2D eigenvalue weighted by molar-refractivity contribution is -0.135. The number of thiophene rings is 1. The zero-order valence-corrected chi connectivity index (χ0v) is 21.7. The predicted octanol–water partition coefficient (Wildman–Crippen LogP) is 5.03. The van der Waals surface area contributed by atoms with E-state index in [1.807, 2.05) is 40.2 Å². The SMILES string of the molecule is Cc1ccc([C@@H]2c3ccsc3CCN2CC(=O)N2CCN(C(=O)c3ccccc3Cl)[C@@H](C)C2)cc1. The Balaban J connectivity index is 1.28. The number of aryl methyl sites for hydroxylation is 1. The Labute approximate surface area is 215 Å². The van der Waals surface area contributed by atoms with E-state index in [1.165, 1.54) is 21.6 Å². The normalized spacial score (nSPS) is 20.5. The maximum atomic E-state index is 13.5. The topological polar surface area (TPSA) is 43.9 Å². The zero-order valence-electron chi connectivity index (χ0n) is 20.1. The van der Waals surface area contributed by atoms with E-state index in [0.29, 0.717) is 36.8 Å². The molecular formula is C28H30ClN3O2S. The number of amides is 2. The second-order valence-electron chi connectivity index (χ2n) is 9.50. The van der Waals surface area contributed by atoms with E-state index < -0.39 is 0 Å². The minimum absolute atomic E-state index is 0.0735. The third-order valence-electron chi connectivity index (χ3n) is 7.14. The van der Waals surface area contributed by atoms with Crippen molar-refractivity contribution >= 4 is 34.8 Å². The Bertz CT molecular complexity index is 1220. The van der Waals surface area contributed by atoms with Gasteiger partial charge in [0, 0.05) is 37.1 Å². The van der Waals surface area contributed by atoms with Crippen molar-refractivity contribution < 1.29 is 9.59 Å². The van der Waals surface area contributed by atoms with Crippen LogP contribution >= 0.6 is 22.9 Å². The molecule has 1 fully saturated rings. The number of nitrogens with zero attached hydrogens (tertiary/aromatic N) is 3. The van der Waals surface area contributed by atoms with Crippen LogP contribution in [0.4, 0.5) is 0 Å². The lowest BCUT2D eigenvalue weighted by Gasteiger charge is -2.42. The van der Waals surface area contributed by atoms with Crippen molar-refractivity contribution in [3.63, 3.8) is 0 Å². The van der Waals surface area contributed by atoms with Gasteiger partial charge in [-0.05, 0) is 55.0 Å². The molecule has 1 aromatic heterocycles. The molecule has 0 saturated carbocycles. The minimum Gasteiger partial charge on any atom is -0.338 e. The third-order valence-corrected chi connectivity index (χ3v) is 8.47. The number of fused-ring (bicyclic) bond motifs is 1. The van der Waals surface area contributed by atoms with Gasteiger partial charge in [-0.25, -0.2) is 0 Å². The number of hydrogen-bond acceptors (Lipinski definition) is 4. The van der Waals surface area contributed by atoms with Crippen LogP contribution in [0.25, 0.3) is 0 Å². The fraction of sp³-hybridized carbons (Fsp3) is 0.357. The van der Waals surface area contributed by atoms with E-state index in [2.05, 4.69) is 47.5 Å². The Morgan fingerprint density at radius 2 is 1.80 bits per heavy atom. The van der Waals surface area contributed by atoms with Crippen molar-refractivity contribution in [3.05, 3.63) is 92.1 Å². The van der Waals surface area contributed by atoms with Crippen LogP contribution in [0.1, 0.15) is 44.9 Å². The van der Waals surface area contributed by atoms with E-state index in [-0.39, 0.29) is 23.9 Å². The Morgan fingerprint density at radius 1 is 1.03 bits per heavy atom. The Hall–Kier alpha value is -2.67. The fourth-order valence-corrected chi connectivity index (χ4v) is 6.35. The van der Waals surface area contributed by atoms with Crippen LogP contribution in [0.3, 0.4) is 0 Å². The van der Waals surface area contributed by atoms with Gasteiger partial charge >= 0.3 is 0 Å². The van der Waals surface area contributed by atoms with E-state index in [1.54, 1.807) is 12.1 Å². The summed E-state index contributed by atoms with van der Waals surface area (Å²) in [6.07, 6.45) is 0.971. The molecule has 0 N–H and O–H groups in total. The van der Waals surface area contributed by atoms with Crippen LogP contribution in [-0.4, -0.2) is 65.3 Å². The highest BCUT2D eigenvalue weighted by atomic mass is 35.5. The molecule has 5 nitrogen and oxygen atoms in total. The highest BCUT2D eigenvalue weighted by Crippen LogP contribution is 2.37. The molecule has 7 heteroatoms. The van der Waals surface area contributed by atoms with Gasteiger partial charge in [0.15, 0.2) is 0 Å². The maximum Gasteiger partial charge on any atom is 0.255 e. The van der Waals surface area contributed by atoms with Crippen LogP contribution in [0.15, 0.2) is 60.0 Å². The monoisotopic (exact) mass is 507 g/mol. The molecule has 2 aromatic carbocycles. The number of piperazine rings is 1. The first kappa shape index (κ1) is 24.0. The Kier molecular flexibility index (Phi) is 6.96. The highest BCUT2D eigenvalue weighted by Gasteiger charge is 2.35. The molecule has 0 aliphatic carbocycles. The van der Waals surface area contributed by atoms with E-state index in [9.17, 15) is 9.59 Å². The molecule has 0 radical (unpaired) electrons. The molecule has 182 valence electrons. The van der Waals surface area contributed by atoms with Crippen LogP contribution in [0.2, 0.25) is 5.02 Å². The van der Waals surface area contributed by atoms with Crippen LogP contribution < -0.4 is 0 Å². The first-order valence-corrected chi connectivity index (χ1v) is 13.4. The smallest absolute Gasteiger partial charge is 0.255 e. The summed E-state index contributed by atoms with van der Waals surface area (Å²) in [6.45, 7) is 6.90. The van der Waals surface area contributed by atoms with Gasteiger partial charge < -0.3 is 9.80 Å². The summed E-state index contributed by atoms with van der Waals surface area (Å²) in [6, 6.07) is 18.0. The zero-order chi connectivity index (χ0) is 24.5. The van der Waals surface area contributed by atoms with E-state index in [4.69, 9.17) is 11.6 Å². The molecule has 2 aliphatic rings. The van der Waals surface area contributed by atoms with Crippen LogP contribution in [0.5, 0.6) is 0 Å². The summed E-state index contributed by atoms with van der Waals surface area (Å²) < 4.78 is 0. The quantitative estimate of drug-likeness (QED) is 0.497. The standard InChI is InChI=1S/C28H30ClN3O2S/c1-19-7-9-21(10-8-19)27-23-12-16-35-25(23)11-13-31(27)18-26(33)30-14-15-32(20(2)17-30)28(34)22-5-3-4-6-24(22)29/h3-10,12,16,20,27H,11,13-15,17-18H2,1-2H3/t20-,27+/m0/s1. The van der Waals surface area contributed by atoms with E-state index in [0.717, 1.165) is 13.0 Å². The first-order chi connectivity index (χ1) is 16.9. The van der Waals surface area contributed by atoms with Gasteiger partial charge in [-0.2, -0.15) is 0 Å². The lowest BCUT2D eigenvalue weighted by atomic mass is 9.92. The van der Waals surface area contributed by atoms with Crippen LogP contribution in [0, 0.1) is 6.92 Å². The van der Waals surface area contributed by atoms with Gasteiger partial charge in [0.25, 0.3) is 5.91 Å². The molecule has 0 bridgehead atoms. The van der Waals surface area contributed by atoms with Crippen molar-refractivity contribution in [2.24, 2.45) is 0 Å². The van der Waals surface area contributed by atoms with Gasteiger partial charge in [-0.3, -0.25) is 14.5 Å². The summed E-state index contributed by atoms with van der Waals surface area (Å²) >= 11 is 8.07. The molecule has 35 heavy (non-hydrogen) atoms. The molecule has 2 amide bonds. The van der Waals surface area contributed by atoms with Gasteiger partial charge in [0.05, 0.1) is 23.2 Å². The highest BCUT2D eigenvalue weighted by molar-refractivity contribution is 7.10. The summed E-state index contributed by atoms with van der Waals surface area (Å²) in [7, 11) is 0. The summed E-state index contributed by atoms with van der Waals surface area (Å²) in [5, 5.41) is 2.62. The van der Waals surface area contributed by atoms with E-state index >= 15 is 0 Å². The molecule has 2 atom stereocenters. The molecule has 3 heterocycles. The fourth-order valence-electron chi connectivity index (χ4n) is 5.23. The average Bonchev–Trinajstić information content (AvgIpc) is 3.33. The third kappa shape index (κ3) is 4.88. The van der Waals surface area contributed by atoms with Crippen molar-refractivity contribution in [1.29, 1.82) is 0 Å². The molecule has 1 saturated heterocycles. The van der Waals surface area contributed by atoms with Gasteiger partial charge in [-0.15, -0.1) is 11.3 Å². The predicted molar refractivity (Wildman–Crippen MR) is 141 cm³/mol. The largest absolute Gasteiger partial charge is 0.338 e. The molecule has 5 rings (SSSR count). The maximum absolute atomic E-state index is 13.5. The van der Waals surface area contributed by atoms with Crippen LogP contribution in [-0.2, 0) is 11.2 Å².